The van der Waals surface area contributed by atoms with Gasteiger partial charge in [-0.2, -0.15) is 0 Å². The van der Waals surface area contributed by atoms with E-state index in [4.69, 9.17) is 5.73 Å². The number of pyridine rings is 1. The van der Waals surface area contributed by atoms with Gasteiger partial charge in [-0.15, -0.1) is 0 Å². The minimum atomic E-state index is -0.0615. The van der Waals surface area contributed by atoms with Crippen LogP contribution in [0.25, 0.3) is 0 Å². The Balaban J connectivity index is 2.17. The molecular formula is C14H15BrN2. The van der Waals surface area contributed by atoms with Crippen LogP contribution in [-0.2, 0) is 6.42 Å². The maximum atomic E-state index is 6.18. The van der Waals surface area contributed by atoms with Crippen molar-refractivity contribution in [2.24, 2.45) is 5.73 Å². The molecule has 2 N–H and O–H groups in total. The average Bonchev–Trinajstić information content (AvgIpc) is 2.32. The van der Waals surface area contributed by atoms with Gasteiger partial charge < -0.3 is 5.73 Å². The van der Waals surface area contributed by atoms with Crippen molar-refractivity contribution >= 4 is 15.9 Å². The van der Waals surface area contributed by atoms with Gasteiger partial charge in [0.15, 0.2) is 0 Å². The maximum Gasteiger partial charge on any atom is 0.0577 e. The van der Waals surface area contributed by atoms with Gasteiger partial charge in [-0.05, 0) is 42.7 Å². The lowest BCUT2D eigenvalue weighted by atomic mass is 10.0. The Bertz CT molecular complexity index is 511. The fourth-order valence-corrected chi connectivity index (χ4v) is 2.21. The van der Waals surface area contributed by atoms with E-state index < -0.39 is 0 Å². The van der Waals surface area contributed by atoms with Crippen molar-refractivity contribution < 1.29 is 0 Å². The number of nitrogens with two attached hydrogens (primary N) is 1. The molecule has 0 aliphatic rings. The summed E-state index contributed by atoms with van der Waals surface area (Å²) in [7, 11) is 0. The third-order valence-corrected chi connectivity index (χ3v) is 3.49. The van der Waals surface area contributed by atoms with Crippen LogP contribution >= 0.6 is 15.9 Å². The molecule has 0 spiro atoms. The number of aryl methyl sites for hydroxylation is 1. The fraction of sp³-hybridized carbons (Fsp3) is 0.214. The first-order valence-electron chi connectivity index (χ1n) is 5.58. The zero-order valence-electron chi connectivity index (χ0n) is 9.73. The van der Waals surface area contributed by atoms with E-state index in [0.717, 1.165) is 16.6 Å². The summed E-state index contributed by atoms with van der Waals surface area (Å²) in [6, 6.07) is 12.1. The highest BCUT2D eigenvalue weighted by atomic mass is 79.9. The molecule has 0 saturated heterocycles. The summed E-state index contributed by atoms with van der Waals surface area (Å²) < 4.78 is 1.10. The van der Waals surface area contributed by atoms with Gasteiger partial charge in [0.05, 0.1) is 11.7 Å². The highest BCUT2D eigenvalue weighted by molar-refractivity contribution is 9.10. The average molecular weight is 291 g/mol. The summed E-state index contributed by atoms with van der Waals surface area (Å²) in [4.78, 5) is 4.33. The van der Waals surface area contributed by atoms with E-state index in [-0.39, 0.29) is 6.04 Å². The Morgan fingerprint density at radius 2 is 2.06 bits per heavy atom. The van der Waals surface area contributed by atoms with Gasteiger partial charge in [-0.1, -0.05) is 34.1 Å². The Hall–Kier alpha value is -1.19. The van der Waals surface area contributed by atoms with Crippen LogP contribution in [0.2, 0.25) is 0 Å². The van der Waals surface area contributed by atoms with Crippen molar-refractivity contribution in [2.75, 3.05) is 0 Å². The molecule has 1 atom stereocenters. The highest BCUT2D eigenvalue weighted by Gasteiger charge is 2.10. The monoisotopic (exact) mass is 290 g/mol. The van der Waals surface area contributed by atoms with Gasteiger partial charge >= 0.3 is 0 Å². The molecule has 0 amide bonds. The largest absolute Gasteiger partial charge is 0.322 e. The van der Waals surface area contributed by atoms with Crippen LogP contribution in [0.5, 0.6) is 0 Å². The van der Waals surface area contributed by atoms with E-state index in [9.17, 15) is 0 Å². The van der Waals surface area contributed by atoms with Crippen LogP contribution in [0.3, 0.4) is 0 Å². The van der Waals surface area contributed by atoms with Crippen LogP contribution in [0.4, 0.5) is 0 Å². The van der Waals surface area contributed by atoms with Gasteiger partial charge in [0, 0.05) is 10.7 Å². The SMILES string of the molecule is Cc1ccnc(C(N)Cc2ccccc2Br)c1. The molecule has 1 unspecified atom stereocenters. The quantitative estimate of drug-likeness (QED) is 0.941. The molecule has 0 fully saturated rings. The predicted octanol–water partition coefficient (Wildman–Crippen LogP) is 3.40. The van der Waals surface area contributed by atoms with Crippen molar-refractivity contribution in [2.45, 2.75) is 19.4 Å². The third-order valence-electron chi connectivity index (χ3n) is 2.71. The number of rotatable bonds is 3. The van der Waals surface area contributed by atoms with Crippen LogP contribution in [-0.4, -0.2) is 4.98 Å². The second-order valence-electron chi connectivity index (χ2n) is 4.16. The molecule has 17 heavy (non-hydrogen) atoms. The Kier molecular flexibility index (Phi) is 3.92. The molecule has 88 valence electrons. The van der Waals surface area contributed by atoms with Gasteiger partial charge in [0.1, 0.15) is 0 Å². The molecule has 0 aliphatic heterocycles. The van der Waals surface area contributed by atoms with Crippen molar-refractivity contribution in [1.82, 2.24) is 4.98 Å². The standard InChI is InChI=1S/C14H15BrN2/c1-10-6-7-17-14(8-10)13(16)9-11-4-2-3-5-12(11)15/h2-8,13H,9,16H2,1H3. The lowest BCUT2D eigenvalue weighted by Crippen LogP contribution is -2.15. The molecule has 0 radical (unpaired) electrons. The van der Waals surface area contributed by atoms with E-state index >= 15 is 0 Å². The van der Waals surface area contributed by atoms with Crippen molar-refractivity contribution in [3.63, 3.8) is 0 Å². The Labute approximate surface area is 110 Å². The molecule has 0 aliphatic carbocycles. The van der Waals surface area contributed by atoms with Crippen LogP contribution in [0.1, 0.15) is 22.9 Å². The molecule has 1 aromatic carbocycles. The molecule has 2 rings (SSSR count). The van der Waals surface area contributed by atoms with Crippen molar-refractivity contribution in [1.29, 1.82) is 0 Å². The van der Waals surface area contributed by atoms with Gasteiger partial charge in [-0.3, -0.25) is 4.98 Å². The first kappa shape index (κ1) is 12.3. The van der Waals surface area contributed by atoms with E-state index in [1.807, 2.05) is 36.5 Å². The van der Waals surface area contributed by atoms with Gasteiger partial charge in [0.2, 0.25) is 0 Å². The third kappa shape index (κ3) is 3.14. The Morgan fingerprint density at radius 1 is 1.29 bits per heavy atom. The summed E-state index contributed by atoms with van der Waals surface area (Å²) in [6.45, 7) is 2.05. The number of benzene rings is 1. The molecule has 0 saturated carbocycles. The zero-order valence-corrected chi connectivity index (χ0v) is 11.3. The molecule has 1 heterocycles. The van der Waals surface area contributed by atoms with Gasteiger partial charge in [0.25, 0.3) is 0 Å². The Morgan fingerprint density at radius 3 is 2.76 bits per heavy atom. The molecule has 0 bridgehead atoms. The summed E-state index contributed by atoms with van der Waals surface area (Å²) in [5.74, 6) is 0. The summed E-state index contributed by atoms with van der Waals surface area (Å²) in [5, 5.41) is 0. The second-order valence-corrected chi connectivity index (χ2v) is 5.01. The molecular weight excluding hydrogens is 276 g/mol. The fourth-order valence-electron chi connectivity index (χ4n) is 1.77. The minimum Gasteiger partial charge on any atom is -0.322 e. The number of nitrogens with zero attached hydrogens (tertiary/aromatic N) is 1. The van der Waals surface area contributed by atoms with Crippen LogP contribution in [0, 0.1) is 6.92 Å². The van der Waals surface area contributed by atoms with Crippen molar-refractivity contribution in [3.8, 4) is 0 Å². The minimum absolute atomic E-state index is 0.0615. The molecule has 3 heteroatoms. The summed E-state index contributed by atoms with van der Waals surface area (Å²) in [5.41, 5.74) is 9.53. The zero-order chi connectivity index (χ0) is 12.3. The highest BCUT2D eigenvalue weighted by Crippen LogP contribution is 2.21. The van der Waals surface area contributed by atoms with E-state index in [1.54, 1.807) is 0 Å². The molecule has 1 aromatic heterocycles. The van der Waals surface area contributed by atoms with Crippen molar-refractivity contribution in [3.05, 3.63) is 63.9 Å². The number of hydrogen-bond donors (Lipinski definition) is 1. The normalized spacial score (nSPS) is 12.4. The predicted molar refractivity (Wildman–Crippen MR) is 73.7 cm³/mol. The lowest BCUT2D eigenvalue weighted by Gasteiger charge is -2.12. The van der Waals surface area contributed by atoms with Crippen LogP contribution < -0.4 is 5.73 Å². The summed E-state index contributed by atoms with van der Waals surface area (Å²) in [6.07, 6.45) is 2.60. The lowest BCUT2D eigenvalue weighted by molar-refractivity contribution is 0.694. The van der Waals surface area contributed by atoms with Gasteiger partial charge in [-0.25, -0.2) is 0 Å². The summed E-state index contributed by atoms with van der Waals surface area (Å²) >= 11 is 3.54. The first-order valence-corrected chi connectivity index (χ1v) is 6.37. The first-order chi connectivity index (χ1) is 8.16. The molecule has 2 aromatic rings. The smallest absolute Gasteiger partial charge is 0.0577 e. The second kappa shape index (κ2) is 5.43. The van der Waals surface area contributed by atoms with E-state index in [2.05, 4.69) is 33.9 Å². The number of hydrogen-bond acceptors (Lipinski definition) is 2. The van der Waals surface area contributed by atoms with E-state index in [1.165, 1.54) is 11.1 Å². The maximum absolute atomic E-state index is 6.18. The topological polar surface area (TPSA) is 38.9 Å². The van der Waals surface area contributed by atoms with E-state index in [0.29, 0.717) is 0 Å². The van der Waals surface area contributed by atoms with Crippen LogP contribution in [0.15, 0.2) is 47.1 Å². The molecule has 2 nitrogen and oxygen atoms in total. The number of aromatic nitrogens is 1. The number of halogens is 1.